The fraction of sp³-hybridized carbons (Fsp3) is 0.143. The fourth-order valence-corrected chi connectivity index (χ4v) is 3.26. The van der Waals surface area contributed by atoms with E-state index in [0.29, 0.717) is 12.1 Å². The van der Waals surface area contributed by atoms with Gasteiger partial charge in [0.25, 0.3) is 0 Å². The Balaban J connectivity index is 1.96. The van der Waals surface area contributed by atoms with Gasteiger partial charge in [-0.15, -0.1) is 0 Å². The molecule has 0 bridgehead atoms. The molecule has 4 nitrogen and oxygen atoms in total. The Hall–Kier alpha value is -3.32. The number of imidazole rings is 1. The molecule has 0 aliphatic carbocycles. The van der Waals surface area contributed by atoms with Crippen molar-refractivity contribution >= 4 is 11.0 Å². The summed E-state index contributed by atoms with van der Waals surface area (Å²) in [5.41, 5.74) is 6.18. The summed E-state index contributed by atoms with van der Waals surface area (Å²) in [4.78, 5) is 4.15. The molecule has 2 aromatic heterocycles. The van der Waals surface area contributed by atoms with Gasteiger partial charge in [-0.3, -0.25) is 0 Å². The second-order valence-electron chi connectivity index (χ2n) is 6.17. The lowest BCUT2D eigenvalue weighted by Gasteiger charge is -2.13. The summed E-state index contributed by atoms with van der Waals surface area (Å²) in [5.74, 6) is 0.943. The van der Waals surface area contributed by atoms with Crippen molar-refractivity contribution in [2.45, 2.75) is 20.4 Å². The van der Waals surface area contributed by atoms with E-state index < -0.39 is 0 Å². The zero-order chi connectivity index (χ0) is 17.4. The van der Waals surface area contributed by atoms with Gasteiger partial charge in [-0.2, -0.15) is 5.26 Å². The molecule has 0 saturated heterocycles. The molecule has 4 heteroatoms. The lowest BCUT2D eigenvalue weighted by Crippen LogP contribution is -2.00. The number of aryl methyl sites for hydroxylation is 2. The molecule has 0 saturated carbocycles. The maximum atomic E-state index is 9.03. The van der Waals surface area contributed by atoms with Crippen molar-refractivity contribution in [3.8, 4) is 17.2 Å². The van der Waals surface area contributed by atoms with Gasteiger partial charge >= 0.3 is 0 Å². The molecule has 0 unspecified atom stereocenters. The molecule has 0 radical (unpaired) electrons. The Morgan fingerprint density at radius 1 is 1.12 bits per heavy atom. The van der Waals surface area contributed by atoms with Crippen LogP contribution in [-0.4, -0.2) is 9.55 Å². The molecule has 2 aromatic carbocycles. The molecule has 0 fully saturated rings. The van der Waals surface area contributed by atoms with Crippen LogP contribution >= 0.6 is 0 Å². The Morgan fingerprint density at radius 3 is 2.60 bits per heavy atom. The van der Waals surface area contributed by atoms with Gasteiger partial charge in [-0.05, 0) is 54.3 Å². The molecule has 4 aromatic rings. The average Bonchev–Trinajstić information content (AvgIpc) is 3.24. The van der Waals surface area contributed by atoms with Crippen LogP contribution in [0, 0.1) is 25.2 Å². The minimum Gasteiger partial charge on any atom is -0.461 e. The third-order valence-corrected chi connectivity index (χ3v) is 4.67. The topological polar surface area (TPSA) is 54.8 Å². The highest BCUT2D eigenvalue weighted by molar-refractivity contribution is 5.92. The van der Waals surface area contributed by atoms with Crippen LogP contribution in [0.4, 0.5) is 0 Å². The molecule has 0 aliphatic heterocycles. The summed E-state index contributed by atoms with van der Waals surface area (Å²) in [6.45, 7) is 4.81. The fourth-order valence-electron chi connectivity index (χ4n) is 3.26. The molecule has 0 atom stereocenters. The van der Waals surface area contributed by atoms with E-state index in [1.165, 1.54) is 11.1 Å². The van der Waals surface area contributed by atoms with Crippen LogP contribution in [0.5, 0.6) is 0 Å². The molecule has 0 amide bonds. The van der Waals surface area contributed by atoms with Crippen molar-refractivity contribution in [3.05, 3.63) is 77.6 Å². The van der Waals surface area contributed by atoms with Crippen molar-refractivity contribution in [2.24, 2.45) is 0 Å². The molecule has 2 heterocycles. The van der Waals surface area contributed by atoms with Gasteiger partial charge in [0.1, 0.15) is 11.3 Å². The molecule has 0 aliphatic rings. The molecule has 25 heavy (non-hydrogen) atoms. The van der Waals surface area contributed by atoms with E-state index in [-0.39, 0.29) is 0 Å². The first-order chi connectivity index (χ1) is 12.2. The van der Waals surface area contributed by atoms with Crippen molar-refractivity contribution < 1.29 is 4.42 Å². The predicted molar refractivity (Wildman–Crippen MR) is 97.2 cm³/mol. The van der Waals surface area contributed by atoms with Crippen molar-refractivity contribution in [3.63, 3.8) is 0 Å². The Kier molecular flexibility index (Phi) is 3.62. The third-order valence-electron chi connectivity index (χ3n) is 4.67. The highest BCUT2D eigenvalue weighted by atomic mass is 16.3. The van der Waals surface area contributed by atoms with E-state index in [9.17, 15) is 0 Å². The second-order valence-corrected chi connectivity index (χ2v) is 6.17. The van der Waals surface area contributed by atoms with E-state index in [1.54, 1.807) is 6.20 Å². The van der Waals surface area contributed by atoms with E-state index in [0.717, 1.165) is 27.9 Å². The summed E-state index contributed by atoms with van der Waals surface area (Å²) in [6.07, 6.45) is 5.57. The largest absolute Gasteiger partial charge is 0.461 e. The van der Waals surface area contributed by atoms with Crippen LogP contribution in [0.3, 0.4) is 0 Å². The summed E-state index contributed by atoms with van der Waals surface area (Å²) >= 11 is 0. The standard InChI is InChI=1S/C21H17N3O/c1-14-15(2)25-20-8-7-18(17-5-3-16(11-22)4-6-17)19(21(14)20)12-24-10-9-23-13-24/h3-10,13H,12H2,1-2H3. The van der Waals surface area contributed by atoms with Gasteiger partial charge in [0, 0.05) is 24.3 Å². The predicted octanol–water partition coefficient (Wildman–Crippen LogP) is 4.83. The molecule has 4 rings (SSSR count). The molecule has 0 spiro atoms. The number of nitriles is 1. The number of hydrogen-bond acceptors (Lipinski definition) is 3. The Labute approximate surface area is 146 Å². The normalized spacial score (nSPS) is 10.9. The maximum Gasteiger partial charge on any atom is 0.134 e. The molecular formula is C21H17N3O. The summed E-state index contributed by atoms with van der Waals surface area (Å²) < 4.78 is 7.98. The van der Waals surface area contributed by atoms with Crippen molar-refractivity contribution in [1.29, 1.82) is 5.26 Å². The zero-order valence-electron chi connectivity index (χ0n) is 14.2. The van der Waals surface area contributed by atoms with Gasteiger partial charge < -0.3 is 8.98 Å². The highest BCUT2D eigenvalue weighted by Gasteiger charge is 2.16. The van der Waals surface area contributed by atoms with Gasteiger partial charge in [-0.25, -0.2) is 4.98 Å². The Morgan fingerprint density at radius 2 is 1.92 bits per heavy atom. The van der Waals surface area contributed by atoms with Crippen LogP contribution < -0.4 is 0 Å². The van der Waals surface area contributed by atoms with Gasteiger partial charge in [-0.1, -0.05) is 18.2 Å². The van der Waals surface area contributed by atoms with Crippen LogP contribution in [0.2, 0.25) is 0 Å². The number of fused-ring (bicyclic) bond motifs is 1. The number of hydrogen-bond donors (Lipinski definition) is 0. The molecular weight excluding hydrogens is 310 g/mol. The van der Waals surface area contributed by atoms with Crippen LogP contribution in [-0.2, 0) is 6.54 Å². The van der Waals surface area contributed by atoms with Crippen LogP contribution in [0.15, 0.2) is 59.5 Å². The van der Waals surface area contributed by atoms with Crippen molar-refractivity contribution in [2.75, 3.05) is 0 Å². The van der Waals surface area contributed by atoms with Crippen LogP contribution in [0.1, 0.15) is 22.5 Å². The monoisotopic (exact) mass is 327 g/mol. The number of rotatable bonds is 3. The third kappa shape index (κ3) is 2.60. The lowest BCUT2D eigenvalue weighted by atomic mass is 9.94. The second kappa shape index (κ2) is 5.95. The van der Waals surface area contributed by atoms with E-state index >= 15 is 0 Å². The van der Waals surface area contributed by atoms with E-state index in [4.69, 9.17) is 9.68 Å². The minimum atomic E-state index is 0.663. The first kappa shape index (κ1) is 15.2. The Bertz CT molecular complexity index is 1080. The summed E-state index contributed by atoms with van der Waals surface area (Å²) in [5, 5.41) is 10.2. The highest BCUT2D eigenvalue weighted by Crippen LogP contribution is 2.35. The first-order valence-electron chi connectivity index (χ1n) is 8.15. The first-order valence-corrected chi connectivity index (χ1v) is 8.15. The number of benzene rings is 2. The van der Waals surface area contributed by atoms with E-state index in [2.05, 4.69) is 28.6 Å². The average molecular weight is 327 g/mol. The summed E-state index contributed by atoms with van der Waals surface area (Å²) in [7, 11) is 0. The number of nitrogens with zero attached hydrogens (tertiary/aromatic N) is 3. The van der Waals surface area contributed by atoms with Gasteiger partial charge in [0.05, 0.1) is 18.0 Å². The SMILES string of the molecule is Cc1oc2ccc(-c3ccc(C#N)cc3)c(Cn3ccnc3)c2c1C. The molecule has 122 valence electrons. The number of aromatic nitrogens is 2. The van der Waals surface area contributed by atoms with Gasteiger partial charge in [0.15, 0.2) is 0 Å². The minimum absolute atomic E-state index is 0.663. The van der Waals surface area contributed by atoms with E-state index in [1.807, 2.05) is 49.8 Å². The quantitative estimate of drug-likeness (QED) is 0.541. The lowest BCUT2D eigenvalue weighted by molar-refractivity contribution is 0.575. The maximum absolute atomic E-state index is 9.03. The zero-order valence-corrected chi connectivity index (χ0v) is 14.2. The van der Waals surface area contributed by atoms with Crippen molar-refractivity contribution in [1.82, 2.24) is 9.55 Å². The van der Waals surface area contributed by atoms with Crippen LogP contribution in [0.25, 0.3) is 22.1 Å². The van der Waals surface area contributed by atoms with Gasteiger partial charge in [0.2, 0.25) is 0 Å². The molecule has 0 N–H and O–H groups in total. The summed E-state index contributed by atoms with van der Waals surface area (Å²) in [6, 6.07) is 14.0. The smallest absolute Gasteiger partial charge is 0.134 e. The number of furan rings is 1.